The monoisotopic (exact) mass is 299 g/mol. The summed E-state index contributed by atoms with van der Waals surface area (Å²) in [7, 11) is 0. The highest BCUT2D eigenvalue weighted by Crippen LogP contribution is 2.42. The first-order chi connectivity index (χ1) is 9.09. The first kappa shape index (κ1) is 17.0. The third-order valence-corrected chi connectivity index (χ3v) is 4.34. The summed E-state index contributed by atoms with van der Waals surface area (Å²) < 4.78 is 26.8. The lowest BCUT2D eigenvalue weighted by Crippen LogP contribution is -2.34. The second kappa shape index (κ2) is 6.17. The molecular weight excluding hydrogens is 276 g/mol. The fourth-order valence-electron chi connectivity index (χ4n) is 2.61. The van der Waals surface area contributed by atoms with Gasteiger partial charge in [0.2, 0.25) is 0 Å². The van der Waals surface area contributed by atoms with Gasteiger partial charge in [-0.25, -0.2) is 8.78 Å². The van der Waals surface area contributed by atoms with E-state index in [0.717, 1.165) is 5.56 Å². The Morgan fingerprint density at radius 3 is 2.45 bits per heavy atom. The van der Waals surface area contributed by atoms with Crippen LogP contribution in [0.1, 0.15) is 38.3 Å². The molecular formula is C16H23F2NS. The summed E-state index contributed by atoms with van der Waals surface area (Å²) in [5, 5.41) is 0.380. The van der Waals surface area contributed by atoms with Gasteiger partial charge in [0, 0.05) is 4.75 Å². The molecule has 0 saturated heterocycles. The van der Waals surface area contributed by atoms with E-state index in [1.807, 2.05) is 26.8 Å². The van der Waals surface area contributed by atoms with Gasteiger partial charge in [-0.3, -0.25) is 0 Å². The molecule has 1 atom stereocenters. The second-order valence-electron chi connectivity index (χ2n) is 6.20. The van der Waals surface area contributed by atoms with Crippen LogP contribution >= 0.6 is 11.8 Å². The highest BCUT2D eigenvalue weighted by Gasteiger charge is 2.36. The molecule has 1 rings (SSSR count). The van der Waals surface area contributed by atoms with Gasteiger partial charge in [-0.2, -0.15) is 0 Å². The highest BCUT2D eigenvalue weighted by molar-refractivity contribution is 8.04. The predicted molar refractivity (Wildman–Crippen MR) is 84.1 cm³/mol. The number of benzene rings is 1. The van der Waals surface area contributed by atoms with Crippen molar-refractivity contribution in [1.29, 1.82) is 0 Å². The van der Waals surface area contributed by atoms with E-state index >= 15 is 0 Å². The zero-order valence-electron chi connectivity index (χ0n) is 12.6. The van der Waals surface area contributed by atoms with Crippen molar-refractivity contribution in [2.75, 3.05) is 6.67 Å². The van der Waals surface area contributed by atoms with Crippen molar-refractivity contribution in [3.8, 4) is 0 Å². The summed E-state index contributed by atoms with van der Waals surface area (Å²) in [6, 6.07) is 5.03. The molecule has 0 aromatic heterocycles. The lowest BCUT2D eigenvalue weighted by molar-refractivity contribution is 0.330. The smallest absolute Gasteiger partial charge is 0.126 e. The number of thioether (sulfide) groups is 1. The van der Waals surface area contributed by atoms with E-state index in [4.69, 9.17) is 5.73 Å². The van der Waals surface area contributed by atoms with Crippen LogP contribution in [0.25, 0.3) is 0 Å². The van der Waals surface area contributed by atoms with Gasteiger partial charge in [0.15, 0.2) is 0 Å². The minimum absolute atomic E-state index is 0.251. The Balaban J connectivity index is 3.09. The number of aryl methyl sites for hydroxylation is 1. The molecule has 0 saturated carbocycles. The van der Waals surface area contributed by atoms with Gasteiger partial charge >= 0.3 is 0 Å². The van der Waals surface area contributed by atoms with Gasteiger partial charge in [-0.1, -0.05) is 38.1 Å². The Morgan fingerprint density at radius 2 is 1.95 bits per heavy atom. The maximum absolute atomic E-state index is 14.1. The molecule has 0 amide bonds. The van der Waals surface area contributed by atoms with Crippen LogP contribution in [0.3, 0.4) is 0 Å². The third-order valence-electron chi connectivity index (χ3n) is 3.33. The van der Waals surface area contributed by atoms with Crippen LogP contribution in [0, 0.1) is 12.7 Å². The molecule has 1 aromatic rings. The van der Waals surface area contributed by atoms with E-state index in [9.17, 15) is 8.78 Å². The van der Waals surface area contributed by atoms with Crippen molar-refractivity contribution in [1.82, 2.24) is 0 Å². The molecule has 1 aromatic carbocycles. The van der Waals surface area contributed by atoms with E-state index in [2.05, 4.69) is 6.58 Å². The van der Waals surface area contributed by atoms with Crippen molar-refractivity contribution < 1.29 is 8.78 Å². The van der Waals surface area contributed by atoms with E-state index in [0.29, 0.717) is 17.0 Å². The molecule has 20 heavy (non-hydrogen) atoms. The molecule has 0 spiro atoms. The molecule has 1 nitrogen and oxygen atoms in total. The van der Waals surface area contributed by atoms with Crippen molar-refractivity contribution in [2.45, 2.75) is 44.3 Å². The van der Waals surface area contributed by atoms with Crippen molar-refractivity contribution in [3.63, 3.8) is 0 Å². The number of nitrogens with two attached hydrogens (primary N) is 1. The molecule has 0 aliphatic rings. The van der Waals surface area contributed by atoms with E-state index < -0.39 is 16.8 Å². The SMILES string of the molecule is C=C(N)S[C@@](C)(CF)CC(C)(C)c1cc(C)ccc1F. The zero-order chi connectivity index (χ0) is 15.6. The summed E-state index contributed by atoms with van der Waals surface area (Å²) in [6.07, 6.45) is 0.470. The van der Waals surface area contributed by atoms with Crippen molar-refractivity contribution in [3.05, 3.63) is 46.8 Å². The van der Waals surface area contributed by atoms with Gasteiger partial charge in [0.05, 0.1) is 5.03 Å². The van der Waals surface area contributed by atoms with Crippen LogP contribution in [-0.4, -0.2) is 11.4 Å². The Morgan fingerprint density at radius 1 is 1.35 bits per heavy atom. The Labute approximate surface area is 124 Å². The van der Waals surface area contributed by atoms with Crippen LogP contribution in [0.4, 0.5) is 8.78 Å². The van der Waals surface area contributed by atoms with E-state index in [1.165, 1.54) is 17.8 Å². The average molecular weight is 299 g/mol. The second-order valence-corrected chi connectivity index (χ2v) is 7.91. The fourth-order valence-corrected chi connectivity index (χ4v) is 3.74. The third kappa shape index (κ3) is 4.23. The standard InChI is InChI=1S/C16H23F2NS/c1-11-6-7-14(18)13(8-11)15(3,4)9-16(5,10-17)20-12(2)19/h6-8H,2,9-10,19H2,1,3-5H3/t16-/m1/s1. The maximum Gasteiger partial charge on any atom is 0.126 e. The highest BCUT2D eigenvalue weighted by atomic mass is 32.2. The van der Waals surface area contributed by atoms with Crippen molar-refractivity contribution >= 4 is 11.8 Å². The summed E-state index contributed by atoms with van der Waals surface area (Å²) in [5.41, 5.74) is 6.71. The number of hydrogen-bond acceptors (Lipinski definition) is 2. The molecule has 0 heterocycles. The van der Waals surface area contributed by atoms with Gasteiger partial charge < -0.3 is 5.73 Å². The molecule has 2 N–H and O–H groups in total. The van der Waals surface area contributed by atoms with Gasteiger partial charge in [-0.15, -0.1) is 11.8 Å². The summed E-state index contributed by atoms with van der Waals surface area (Å²) in [4.78, 5) is 0. The van der Waals surface area contributed by atoms with Crippen molar-refractivity contribution in [2.24, 2.45) is 5.73 Å². The van der Waals surface area contributed by atoms with Crippen LogP contribution in [-0.2, 0) is 5.41 Å². The van der Waals surface area contributed by atoms with Crippen LogP contribution in [0.5, 0.6) is 0 Å². The molecule has 0 aliphatic carbocycles. The maximum atomic E-state index is 14.1. The van der Waals surface area contributed by atoms with Gasteiger partial charge in [0.1, 0.15) is 12.5 Å². The lowest BCUT2D eigenvalue weighted by Gasteiger charge is -2.36. The van der Waals surface area contributed by atoms with Gasteiger partial charge in [-0.05, 0) is 37.3 Å². The first-order valence-electron chi connectivity index (χ1n) is 6.56. The molecule has 112 valence electrons. The number of hydrogen-bond donors (Lipinski definition) is 1. The molecule has 0 unspecified atom stereocenters. The quantitative estimate of drug-likeness (QED) is 0.824. The lowest BCUT2D eigenvalue weighted by atomic mass is 9.76. The predicted octanol–water partition coefficient (Wildman–Crippen LogP) is 4.69. The molecule has 0 radical (unpaired) electrons. The minimum atomic E-state index is -0.703. The Hall–Kier alpha value is -1.03. The van der Waals surface area contributed by atoms with E-state index in [1.54, 1.807) is 13.0 Å². The topological polar surface area (TPSA) is 26.0 Å². The molecule has 0 aliphatic heterocycles. The summed E-state index contributed by atoms with van der Waals surface area (Å²) in [6.45, 7) is 10.7. The number of halogens is 2. The largest absolute Gasteiger partial charge is 0.394 e. The summed E-state index contributed by atoms with van der Waals surface area (Å²) in [5.74, 6) is -0.251. The fraction of sp³-hybridized carbons (Fsp3) is 0.500. The van der Waals surface area contributed by atoms with Gasteiger partial charge in [0.25, 0.3) is 0 Å². The molecule has 0 fully saturated rings. The molecule has 0 bridgehead atoms. The average Bonchev–Trinajstić information content (AvgIpc) is 2.30. The summed E-state index contributed by atoms with van der Waals surface area (Å²) >= 11 is 1.22. The normalized spacial score (nSPS) is 14.9. The Kier molecular flexibility index (Phi) is 5.25. The van der Waals surface area contributed by atoms with Crippen LogP contribution in [0.2, 0.25) is 0 Å². The Bertz CT molecular complexity index is 499. The first-order valence-corrected chi connectivity index (χ1v) is 7.37. The van der Waals surface area contributed by atoms with Crippen LogP contribution in [0.15, 0.2) is 29.8 Å². The molecule has 4 heteroatoms. The van der Waals surface area contributed by atoms with Crippen LogP contribution < -0.4 is 5.73 Å². The minimum Gasteiger partial charge on any atom is -0.394 e. The zero-order valence-corrected chi connectivity index (χ0v) is 13.4. The number of alkyl halides is 1. The number of rotatable bonds is 6. The van der Waals surface area contributed by atoms with E-state index in [-0.39, 0.29) is 5.82 Å².